The van der Waals surface area contributed by atoms with Crippen LogP contribution in [0.15, 0.2) is 60.7 Å². The lowest BCUT2D eigenvalue weighted by atomic mass is 10.0. The van der Waals surface area contributed by atoms with E-state index in [1.165, 1.54) is 43.5 Å². The third kappa shape index (κ3) is 4.46. The zero-order chi connectivity index (χ0) is 16.6. The van der Waals surface area contributed by atoms with Gasteiger partial charge in [0.15, 0.2) is 0 Å². The fraction of sp³-hybridized carbons (Fsp3) is 0.455. The maximum Gasteiger partial charge on any atom is 0.111 e. The molecule has 1 unspecified atom stereocenters. The molecule has 1 aliphatic rings. The number of benzene rings is 2. The van der Waals surface area contributed by atoms with Crippen molar-refractivity contribution in [2.45, 2.75) is 51.4 Å². The molecule has 0 bridgehead atoms. The van der Waals surface area contributed by atoms with E-state index in [1.807, 2.05) is 0 Å². The van der Waals surface area contributed by atoms with Crippen molar-refractivity contribution < 1.29 is 4.74 Å². The number of ether oxygens (including phenoxy) is 1. The second-order valence-corrected chi connectivity index (χ2v) is 6.68. The Kier molecular flexibility index (Phi) is 6.45. The van der Waals surface area contributed by atoms with Gasteiger partial charge in [-0.15, -0.1) is 0 Å². The van der Waals surface area contributed by atoms with Crippen molar-refractivity contribution >= 4 is 0 Å². The smallest absolute Gasteiger partial charge is 0.111 e. The Hall–Kier alpha value is -1.64. The second-order valence-electron chi connectivity index (χ2n) is 6.68. The topological polar surface area (TPSA) is 12.5 Å². The highest BCUT2D eigenvalue weighted by Gasteiger charge is 2.25. The molecule has 0 N–H and O–H groups in total. The molecule has 1 heterocycles. The van der Waals surface area contributed by atoms with Gasteiger partial charge in [0.2, 0.25) is 0 Å². The maximum atomic E-state index is 6.73. The predicted molar refractivity (Wildman–Crippen MR) is 99.9 cm³/mol. The second kappa shape index (κ2) is 9.00. The number of nitrogens with zero attached hydrogens (tertiary/aromatic N) is 1. The summed E-state index contributed by atoms with van der Waals surface area (Å²) in [5.74, 6) is 0. The first-order valence-electron chi connectivity index (χ1n) is 9.38. The lowest BCUT2D eigenvalue weighted by molar-refractivity contribution is -0.0984. The Morgan fingerprint density at radius 2 is 1.38 bits per heavy atom. The van der Waals surface area contributed by atoms with E-state index in [0.29, 0.717) is 0 Å². The van der Waals surface area contributed by atoms with Gasteiger partial charge in [0.05, 0.1) is 0 Å². The van der Waals surface area contributed by atoms with Crippen LogP contribution in [-0.2, 0) is 4.74 Å². The summed E-state index contributed by atoms with van der Waals surface area (Å²) in [5, 5.41) is 0. The van der Waals surface area contributed by atoms with Gasteiger partial charge in [-0.05, 0) is 30.4 Å². The highest BCUT2D eigenvalue weighted by molar-refractivity contribution is 5.29. The van der Waals surface area contributed by atoms with Crippen molar-refractivity contribution in [2.24, 2.45) is 0 Å². The first-order valence-corrected chi connectivity index (χ1v) is 9.38. The van der Waals surface area contributed by atoms with Crippen LogP contribution in [0.5, 0.6) is 0 Å². The molecule has 0 aliphatic carbocycles. The summed E-state index contributed by atoms with van der Waals surface area (Å²) in [6.45, 7) is 4.59. The van der Waals surface area contributed by atoms with E-state index in [4.69, 9.17) is 4.74 Å². The largest absolute Gasteiger partial charge is 0.350 e. The molecule has 2 aromatic rings. The summed E-state index contributed by atoms with van der Waals surface area (Å²) in [4.78, 5) is 2.55. The molecule has 0 aromatic heterocycles. The Bertz CT molecular complexity index is 538. The monoisotopic (exact) mass is 323 g/mol. The molecule has 2 heteroatoms. The Morgan fingerprint density at radius 3 is 1.88 bits per heavy atom. The third-order valence-corrected chi connectivity index (χ3v) is 4.83. The van der Waals surface area contributed by atoms with E-state index in [1.54, 1.807) is 0 Å². The van der Waals surface area contributed by atoms with Crippen LogP contribution in [0.25, 0.3) is 0 Å². The zero-order valence-corrected chi connectivity index (χ0v) is 14.7. The molecule has 128 valence electrons. The van der Waals surface area contributed by atoms with E-state index >= 15 is 0 Å². The summed E-state index contributed by atoms with van der Waals surface area (Å²) in [6.07, 6.45) is 6.41. The molecular weight excluding hydrogens is 294 g/mol. The molecule has 1 saturated heterocycles. The molecule has 0 saturated carbocycles. The van der Waals surface area contributed by atoms with Gasteiger partial charge in [0.1, 0.15) is 12.3 Å². The van der Waals surface area contributed by atoms with E-state index < -0.39 is 0 Å². The van der Waals surface area contributed by atoms with Gasteiger partial charge in [-0.2, -0.15) is 0 Å². The number of likely N-dealkylation sites (tertiary alicyclic amines) is 1. The highest BCUT2D eigenvalue weighted by Crippen LogP contribution is 2.30. The highest BCUT2D eigenvalue weighted by atomic mass is 16.5. The van der Waals surface area contributed by atoms with Gasteiger partial charge < -0.3 is 4.74 Å². The number of rotatable bonds is 7. The first kappa shape index (κ1) is 17.2. The summed E-state index contributed by atoms with van der Waals surface area (Å²) in [6, 6.07) is 21.3. The van der Waals surface area contributed by atoms with Crippen LogP contribution in [0.3, 0.4) is 0 Å². The Labute approximate surface area is 146 Å². The molecule has 2 aromatic carbocycles. The van der Waals surface area contributed by atoms with Gasteiger partial charge in [-0.3, -0.25) is 4.90 Å². The minimum atomic E-state index is 0.00544. The molecule has 2 nitrogen and oxygen atoms in total. The molecule has 0 radical (unpaired) electrons. The minimum Gasteiger partial charge on any atom is -0.350 e. The SMILES string of the molecule is CCCC(OC(c1ccccc1)c1ccccc1)N1CCCCC1. The van der Waals surface area contributed by atoms with Crippen molar-refractivity contribution in [3.8, 4) is 0 Å². The van der Waals surface area contributed by atoms with Crippen LogP contribution < -0.4 is 0 Å². The third-order valence-electron chi connectivity index (χ3n) is 4.83. The maximum absolute atomic E-state index is 6.73. The molecule has 3 rings (SSSR count). The van der Waals surface area contributed by atoms with Crippen molar-refractivity contribution in [3.05, 3.63) is 71.8 Å². The molecule has 1 atom stereocenters. The van der Waals surface area contributed by atoms with Gasteiger partial charge in [-0.25, -0.2) is 0 Å². The van der Waals surface area contributed by atoms with Gasteiger partial charge in [0.25, 0.3) is 0 Å². The van der Waals surface area contributed by atoms with Crippen LogP contribution in [0, 0.1) is 0 Å². The molecule has 0 amide bonds. The van der Waals surface area contributed by atoms with Crippen LogP contribution in [-0.4, -0.2) is 24.2 Å². The Balaban J connectivity index is 1.84. The molecule has 0 spiro atoms. The number of hydrogen-bond donors (Lipinski definition) is 0. The van der Waals surface area contributed by atoms with Gasteiger partial charge >= 0.3 is 0 Å². The van der Waals surface area contributed by atoms with Crippen molar-refractivity contribution in [1.29, 1.82) is 0 Å². The van der Waals surface area contributed by atoms with E-state index in [-0.39, 0.29) is 12.3 Å². The van der Waals surface area contributed by atoms with E-state index in [0.717, 1.165) is 12.8 Å². The summed E-state index contributed by atoms with van der Waals surface area (Å²) in [5.41, 5.74) is 2.48. The van der Waals surface area contributed by atoms with Crippen LogP contribution >= 0.6 is 0 Å². The fourth-order valence-electron chi connectivity index (χ4n) is 3.55. The average molecular weight is 323 g/mol. The van der Waals surface area contributed by atoms with Crippen LogP contribution in [0.2, 0.25) is 0 Å². The molecule has 1 aliphatic heterocycles. The Morgan fingerprint density at radius 1 is 0.833 bits per heavy atom. The molecule has 24 heavy (non-hydrogen) atoms. The van der Waals surface area contributed by atoms with Crippen molar-refractivity contribution in [1.82, 2.24) is 4.90 Å². The zero-order valence-electron chi connectivity index (χ0n) is 14.7. The predicted octanol–water partition coefficient (Wildman–Crippen LogP) is 5.40. The quantitative estimate of drug-likeness (QED) is 0.676. The lowest BCUT2D eigenvalue weighted by Gasteiger charge is -2.36. The number of piperidine rings is 1. The van der Waals surface area contributed by atoms with E-state index in [9.17, 15) is 0 Å². The van der Waals surface area contributed by atoms with E-state index in [2.05, 4.69) is 72.5 Å². The minimum absolute atomic E-state index is 0.00544. The number of hydrogen-bond acceptors (Lipinski definition) is 2. The molecule has 1 fully saturated rings. The summed E-state index contributed by atoms with van der Waals surface area (Å²) < 4.78 is 6.73. The first-order chi connectivity index (χ1) is 11.9. The van der Waals surface area contributed by atoms with Gasteiger partial charge in [0, 0.05) is 13.1 Å². The van der Waals surface area contributed by atoms with Crippen LogP contribution in [0.1, 0.15) is 56.3 Å². The van der Waals surface area contributed by atoms with Crippen molar-refractivity contribution in [2.75, 3.05) is 13.1 Å². The van der Waals surface area contributed by atoms with Crippen LogP contribution in [0.4, 0.5) is 0 Å². The fourth-order valence-corrected chi connectivity index (χ4v) is 3.55. The molecular formula is C22H29NO. The normalized spacial score (nSPS) is 17.1. The van der Waals surface area contributed by atoms with Gasteiger partial charge in [-0.1, -0.05) is 80.4 Å². The average Bonchev–Trinajstić information content (AvgIpc) is 2.67. The van der Waals surface area contributed by atoms with Crippen molar-refractivity contribution in [3.63, 3.8) is 0 Å². The summed E-state index contributed by atoms with van der Waals surface area (Å²) in [7, 11) is 0. The lowest BCUT2D eigenvalue weighted by Crippen LogP contribution is -2.41. The standard InChI is InChI=1S/C22H29NO/c1-2-12-21(23-17-10-5-11-18-23)24-22(19-13-6-3-7-14-19)20-15-8-4-9-16-20/h3-4,6-9,13-16,21-22H,2,5,10-12,17-18H2,1H3. The summed E-state index contributed by atoms with van der Waals surface area (Å²) >= 11 is 0.